The highest BCUT2D eigenvalue weighted by atomic mass is 35.5. The van der Waals surface area contributed by atoms with Gasteiger partial charge in [0.2, 0.25) is 10.0 Å². The first kappa shape index (κ1) is 16.7. The molecule has 1 saturated heterocycles. The highest BCUT2D eigenvalue weighted by molar-refractivity contribution is 7.89. The van der Waals surface area contributed by atoms with E-state index in [1.807, 2.05) is 25.1 Å². The van der Waals surface area contributed by atoms with E-state index in [2.05, 4.69) is 5.32 Å². The molecule has 1 aliphatic heterocycles. The van der Waals surface area contributed by atoms with Crippen molar-refractivity contribution >= 4 is 21.6 Å². The Balaban J connectivity index is 2.07. The molecule has 1 fully saturated rings. The Kier molecular flexibility index (Phi) is 5.66. The molecule has 118 valence electrons. The van der Waals surface area contributed by atoms with Crippen molar-refractivity contribution in [2.45, 2.75) is 25.8 Å². The van der Waals surface area contributed by atoms with Crippen LogP contribution in [-0.2, 0) is 10.0 Å². The van der Waals surface area contributed by atoms with Gasteiger partial charge in [-0.05, 0) is 56.5 Å². The van der Waals surface area contributed by atoms with Crippen LogP contribution in [0.15, 0.2) is 24.3 Å². The van der Waals surface area contributed by atoms with Crippen molar-refractivity contribution in [3.63, 3.8) is 0 Å². The number of benzene rings is 1. The van der Waals surface area contributed by atoms with Gasteiger partial charge in [0.25, 0.3) is 0 Å². The summed E-state index contributed by atoms with van der Waals surface area (Å²) in [7, 11) is -1.60. The lowest BCUT2D eigenvalue weighted by Crippen LogP contribution is -2.37. The summed E-state index contributed by atoms with van der Waals surface area (Å²) < 4.78 is 26.6. The summed E-state index contributed by atoms with van der Waals surface area (Å²) in [6.07, 6.45) is 1.86. The van der Waals surface area contributed by atoms with Crippen molar-refractivity contribution in [2.75, 3.05) is 25.9 Å². The van der Waals surface area contributed by atoms with Gasteiger partial charge in [-0.3, -0.25) is 0 Å². The molecule has 0 amide bonds. The van der Waals surface area contributed by atoms with Crippen LogP contribution in [0.2, 0.25) is 5.02 Å². The molecule has 1 heterocycles. The fraction of sp³-hybridized carbons (Fsp3) is 0.600. The van der Waals surface area contributed by atoms with Crippen molar-refractivity contribution in [1.29, 1.82) is 0 Å². The third-order valence-corrected chi connectivity index (χ3v) is 6.54. The number of sulfonamides is 1. The van der Waals surface area contributed by atoms with Crippen LogP contribution in [0.4, 0.5) is 0 Å². The minimum atomic E-state index is -3.26. The Morgan fingerprint density at radius 3 is 2.67 bits per heavy atom. The molecule has 6 heteroatoms. The monoisotopic (exact) mass is 330 g/mol. The predicted octanol–water partition coefficient (Wildman–Crippen LogP) is 2.66. The van der Waals surface area contributed by atoms with Crippen molar-refractivity contribution in [3.8, 4) is 0 Å². The molecule has 1 aliphatic rings. The van der Waals surface area contributed by atoms with Crippen LogP contribution in [0, 0.1) is 5.92 Å². The van der Waals surface area contributed by atoms with E-state index in [9.17, 15) is 8.42 Å². The molecular formula is C15H23ClN2O2S. The number of nitrogens with one attached hydrogen (secondary N) is 1. The molecule has 0 aliphatic carbocycles. The van der Waals surface area contributed by atoms with Crippen LogP contribution in [0.1, 0.15) is 31.4 Å². The Bertz CT molecular complexity index is 571. The zero-order chi connectivity index (χ0) is 15.5. The Hall–Kier alpha value is -0.620. The molecule has 1 aromatic carbocycles. The highest BCUT2D eigenvalue weighted by Crippen LogP contribution is 2.26. The second kappa shape index (κ2) is 7.09. The number of rotatable bonds is 5. The normalized spacial score (nSPS) is 18.9. The maximum absolute atomic E-state index is 12.6. The van der Waals surface area contributed by atoms with Gasteiger partial charge in [-0.25, -0.2) is 8.42 Å². The summed E-state index contributed by atoms with van der Waals surface area (Å²) in [6, 6.07) is 7.16. The van der Waals surface area contributed by atoms with E-state index in [1.165, 1.54) is 4.31 Å². The summed E-state index contributed by atoms with van der Waals surface area (Å²) in [5, 5.41) is 3.89. The molecule has 4 nitrogen and oxygen atoms in total. The molecule has 21 heavy (non-hydrogen) atoms. The van der Waals surface area contributed by atoms with Crippen molar-refractivity contribution in [2.24, 2.45) is 5.92 Å². The van der Waals surface area contributed by atoms with Gasteiger partial charge < -0.3 is 5.32 Å². The molecular weight excluding hydrogens is 308 g/mol. The third-order valence-electron chi connectivity index (χ3n) is 4.22. The van der Waals surface area contributed by atoms with Crippen LogP contribution in [0.5, 0.6) is 0 Å². The lowest BCUT2D eigenvalue weighted by molar-refractivity contribution is 0.369. The molecule has 1 aromatic rings. The van der Waals surface area contributed by atoms with Gasteiger partial charge >= 0.3 is 0 Å². The fourth-order valence-corrected chi connectivity index (χ4v) is 4.65. The number of hydrogen-bond acceptors (Lipinski definition) is 3. The summed E-state index contributed by atoms with van der Waals surface area (Å²) >= 11 is 5.99. The fourth-order valence-electron chi connectivity index (χ4n) is 2.68. The number of halogens is 1. The Morgan fingerprint density at radius 1 is 1.38 bits per heavy atom. The Labute approximate surface area is 132 Å². The molecule has 0 spiro atoms. The van der Waals surface area contributed by atoms with E-state index in [0.29, 0.717) is 5.02 Å². The zero-order valence-corrected chi connectivity index (χ0v) is 14.1. The lowest BCUT2D eigenvalue weighted by Gasteiger charge is -2.28. The van der Waals surface area contributed by atoms with Crippen LogP contribution in [0.3, 0.4) is 0 Å². The molecule has 0 saturated carbocycles. The molecule has 0 bridgehead atoms. The first-order chi connectivity index (χ1) is 9.90. The van der Waals surface area contributed by atoms with Gasteiger partial charge in [-0.15, -0.1) is 0 Å². The summed E-state index contributed by atoms with van der Waals surface area (Å²) in [5.74, 6) is 0.487. The van der Waals surface area contributed by atoms with Gasteiger partial charge in [0.1, 0.15) is 0 Å². The minimum Gasteiger partial charge on any atom is -0.317 e. The third kappa shape index (κ3) is 4.42. The van der Waals surface area contributed by atoms with Crippen molar-refractivity contribution in [1.82, 2.24) is 9.62 Å². The summed E-state index contributed by atoms with van der Waals surface area (Å²) in [6.45, 7) is 3.72. The predicted molar refractivity (Wildman–Crippen MR) is 87.0 cm³/mol. The SMILES string of the molecule is CC(c1cccc(Cl)c1)N(C)S(=O)(=O)CC1CCNCC1. The quantitative estimate of drug-likeness (QED) is 0.903. The molecule has 0 radical (unpaired) electrons. The van der Waals surface area contributed by atoms with E-state index in [-0.39, 0.29) is 17.7 Å². The van der Waals surface area contributed by atoms with E-state index in [0.717, 1.165) is 31.5 Å². The topological polar surface area (TPSA) is 49.4 Å². The van der Waals surface area contributed by atoms with Crippen LogP contribution in [-0.4, -0.2) is 38.6 Å². The largest absolute Gasteiger partial charge is 0.317 e. The molecule has 2 rings (SSSR count). The molecule has 1 atom stereocenters. The average molecular weight is 331 g/mol. The van der Waals surface area contributed by atoms with Crippen LogP contribution in [0.25, 0.3) is 0 Å². The van der Waals surface area contributed by atoms with E-state index >= 15 is 0 Å². The van der Waals surface area contributed by atoms with Crippen LogP contribution >= 0.6 is 11.6 Å². The van der Waals surface area contributed by atoms with Gasteiger partial charge in [-0.2, -0.15) is 4.31 Å². The van der Waals surface area contributed by atoms with E-state index < -0.39 is 10.0 Å². The Morgan fingerprint density at radius 2 is 2.05 bits per heavy atom. The molecule has 1 N–H and O–H groups in total. The average Bonchev–Trinajstić information content (AvgIpc) is 2.46. The summed E-state index contributed by atoms with van der Waals surface area (Å²) in [4.78, 5) is 0. The first-order valence-electron chi connectivity index (χ1n) is 7.32. The smallest absolute Gasteiger partial charge is 0.214 e. The van der Waals surface area contributed by atoms with Gasteiger partial charge in [0.15, 0.2) is 0 Å². The van der Waals surface area contributed by atoms with Gasteiger partial charge in [-0.1, -0.05) is 23.7 Å². The highest BCUT2D eigenvalue weighted by Gasteiger charge is 2.28. The number of nitrogens with zero attached hydrogens (tertiary/aromatic N) is 1. The lowest BCUT2D eigenvalue weighted by atomic mass is 10.0. The second-order valence-electron chi connectivity index (χ2n) is 5.72. The molecule has 0 aromatic heterocycles. The number of piperidine rings is 1. The van der Waals surface area contributed by atoms with Crippen molar-refractivity contribution < 1.29 is 8.42 Å². The van der Waals surface area contributed by atoms with E-state index in [1.54, 1.807) is 13.1 Å². The van der Waals surface area contributed by atoms with Crippen molar-refractivity contribution in [3.05, 3.63) is 34.9 Å². The zero-order valence-electron chi connectivity index (χ0n) is 12.5. The van der Waals surface area contributed by atoms with Gasteiger partial charge in [0, 0.05) is 18.1 Å². The number of hydrogen-bond donors (Lipinski definition) is 1. The first-order valence-corrected chi connectivity index (χ1v) is 9.31. The standard InChI is InChI=1S/C15H23ClN2O2S/c1-12(14-4-3-5-15(16)10-14)18(2)21(19,20)11-13-6-8-17-9-7-13/h3-5,10,12-13,17H,6-9,11H2,1-2H3. The van der Waals surface area contributed by atoms with E-state index in [4.69, 9.17) is 11.6 Å². The minimum absolute atomic E-state index is 0.213. The second-order valence-corrected chi connectivity index (χ2v) is 8.23. The summed E-state index contributed by atoms with van der Waals surface area (Å²) in [5.41, 5.74) is 0.916. The van der Waals surface area contributed by atoms with Crippen LogP contribution < -0.4 is 5.32 Å². The maximum Gasteiger partial charge on any atom is 0.214 e. The maximum atomic E-state index is 12.6. The van der Waals surface area contributed by atoms with Gasteiger partial charge in [0.05, 0.1) is 5.75 Å². The molecule has 1 unspecified atom stereocenters.